The first-order valence-corrected chi connectivity index (χ1v) is 16.6. The Balaban J connectivity index is 1.08. The molecule has 0 unspecified atom stereocenters. The largest absolute Gasteiger partial charge is 0.494 e. The Morgan fingerprint density at radius 2 is 1.70 bits per heavy atom. The van der Waals surface area contributed by atoms with Gasteiger partial charge in [-0.25, -0.2) is 19.4 Å². The lowest BCUT2D eigenvalue weighted by molar-refractivity contribution is -0.111. The van der Waals surface area contributed by atoms with Crippen LogP contribution < -0.4 is 25.3 Å². The minimum atomic E-state index is -0.291. The summed E-state index contributed by atoms with van der Waals surface area (Å²) in [7, 11) is 1.63. The predicted molar refractivity (Wildman–Crippen MR) is 181 cm³/mol. The summed E-state index contributed by atoms with van der Waals surface area (Å²) in [5.74, 6) is 1.09. The fourth-order valence-corrected chi connectivity index (χ4v) is 7.15. The average molecular weight is 643 g/mol. The molecule has 3 aromatic rings. The highest BCUT2D eigenvalue weighted by molar-refractivity contribution is 6.02. The molecule has 47 heavy (non-hydrogen) atoms. The van der Waals surface area contributed by atoms with E-state index in [1.807, 2.05) is 18.2 Å². The van der Waals surface area contributed by atoms with E-state index >= 15 is 0 Å². The van der Waals surface area contributed by atoms with Crippen LogP contribution >= 0.6 is 0 Å². The zero-order valence-corrected chi connectivity index (χ0v) is 26.9. The Labute approximate surface area is 275 Å². The summed E-state index contributed by atoms with van der Waals surface area (Å²) < 4.78 is 19.8. The zero-order valence-electron chi connectivity index (χ0n) is 26.9. The van der Waals surface area contributed by atoms with Crippen molar-refractivity contribution in [3.8, 4) is 5.75 Å². The molecule has 4 fully saturated rings. The van der Waals surface area contributed by atoms with Gasteiger partial charge in [0.05, 0.1) is 36.8 Å². The van der Waals surface area contributed by atoms with Gasteiger partial charge in [0.2, 0.25) is 5.91 Å². The zero-order chi connectivity index (χ0) is 32.3. The molecule has 1 amide bonds. The van der Waals surface area contributed by atoms with Crippen LogP contribution in [0.1, 0.15) is 43.7 Å². The third-order valence-corrected chi connectivity index (χ3v) is 9.77. The first-order chi connectivity index (χ1) is 23.0. The number of piperazine rings is 1. The van der Waals surface area contributed by atoms with Crippen molar-refractivity contribution in [3.05, 3.63) is 72.8 Å². The van der Waals surface area contributed by atoms with Gasteiger partial charge < -0.3 is 20.3 Å². The van der Waals surface area contributed by atoms with Gasteiger partial charge in [-0.2, -0.15) is 0 Å². The lowest BCUT2D eigenvalue weighted by atomic mass is 10.0. The van der Waals surface area contributed by atoms with E-state index in [2.05, 4.69) is 41.9 Å². The maximum atomic E-state index is 14.0. The Morgan fingerprint density at radius 1 is 0.957 bits per heavy atom. The second-order valence-corrected chi connectivity index (χ2v) is 12.7. The molecule has 2 N–H and O–H groups in total. The monoisotopic (exact) mass is 642 g/mol. The van der Waals surface area contributed by atoms with Gasteiger partial charge >= 0.3 is 0 Å². The van der Waals surface area contributed by atoms with Crippen LogP contribution in [0.2, 0.25) is 0 Å². The number of carbonyl (C=O) groups excluding carboxylic acids is 1. The van der Waals surface area contributed by atoms with Crippen LogP contribution in [-0.2, 0) is 9.63 Å². The third-order valence-electron chi connectivity index (χ3n) is 9.77. The van der Waals surface area contributed by atoms with E-state index in [0.717, 1.165) is 56.3 Å². The number of anilines is 5. The smallest absolute Gasteiger partial charge is 0.247 e. The summed E-state index contributed by atoms with van der Waals surface area (Å²) in [4.78, 5) is 35.0. The maximum absolute atomic E-state index is 14.0. The SMILES string of the molecule is C=CC(=O)Nc1cc(Nc2cc(N3OCC[C@@H]3c3cccc(F)c3)ncn2)c(OC)cc1N1CCC(N2CCN(C3CC3)CC2)CC1. The van der Waals surface area contributed by atoms with Crippen LogP contribution in [0.3, 0.4) is 0 Å². The van der Waals surface area contributed by atoms with Crippen LogP contribution in [0.25, 0.3) is 0 Å². The molecule has 0 spiro atoms. The molecule has 1 aliphatic carbocycles. The molecule has 0 bridgehead atoms. The highest BCUT2D eigenvalue weighted by Gasteiger charge is 2.34. The molecule has 7 rings (SSSR count). The van der Waals surface area contributed by atoms with E-state index in [1.165, 1.54) is 50.5 Å². The van der Waals surface area contributed by atoms with Crippen molar-refractivity contribution in [1.82, 2.24) is 19.8 Å². The highest BCUT2D eigenvalue weighted by atomic mass is 19.1. The number of halogens is 1. The van der Waals surface area contributed by atoms with Crippen LogP contribution in [0.4, 0.5) is 33.1 Å². The first kappa shape index (κ1) is 31.3. The van der Waals surface area contributed by atoms with Gasteiger partial charge in [0, 0.05) is 69.9 Å². The molecule has 1 aromatic heterocycles. The number of amides is 1. The summed E-state index contributed by atoms with van der Waals surface area (Å²) >= 11 is 0. The number of hydrogen-bond donors (Lipinski definition) is 2. The molecule has 12 heteroatoms. The molecule has 3 aliphatic heterocycles. The Morgan fingerprint density at radius 3 is 2.38 bits per heavy atom. The topological polar surface area (TPSA) is 98.3 Å². The summed E-state index contributed by atoms with van der Waals surface area (Å²) in [5.41, 5.74) is 3.02. The maximum Gasteiger partial charge on any atom is 0.247 e. The van der Waals surface area contributed by atoms with E-state index in [0.29, 0.717) is 47.8 Å². The van der Waals surface area contributed by atoms with E-state index < -0.39 is 0 Å². The van der Waals surface area contributed by atoms with Crippen molar-refractivity contribution in [2.45, 2.75) is 50.2 Å². The Bertz CT molecular complexity index is 1590. The first-order valence-electron chi connectivity index (χ1n) is 16.6. The summed E-state index contributed by atoms with van der Waals surface area (Å²) in [5, 5.41) is 8.07. The van der Waals surface area contributed by atoms with Crippen molar-refractivity contribution in [3.63, 3.8) is 0 Å². The van der Waals surface area contributed by atoms with Gasteiger partial charge in [-0.1, -0.05) is 18.7 Å². The third kappa shape index (κ3) is 7.04. The molecule has 1 atom stereocenters. The molecule has 11 nitrogen and oxygen atoms in total. The number of benzene rings is 2. The fraction of sp³-hybridized carbons (Fsp3) is 0.457. The van der Waals surface area contributed by atoms with Gasteiger partial charge in [0.1, 0.15) is 23.7 Å². The van der Waals surface area contributed by atoms with E-state index in [9.17, 15) is 9.18 Å². The van der Waals surface area contributed by atoms with Gasteiger partial charge in [-0.05, 0) is 55.5 Å². The Hall–Kier alpha value is -4.26. The van der Waals surface area contributed by atoms with E-state index in [1.54, 1.807) is 24.3 Å². The molecule has 4 aliphatic rings. The van der Waals surface area contributed by atoms with Crippen molar-refractivity contribution >= 4 is 34.6 Å². The van der Waals surface area contributed by atoms with Crippen molar-refractivity contribution in [1.29, 1.82) is 0 Å². The molecule has 4 heterocycles. The number of methoxy groups -OCH3 is 1. The van der Waals surface area contributed by atoms with Crippen LogP contribution in [0, 0.1) is 5.82 Å². The quantitative estimate of drug-likeness (QED) is 0.290. The fourth-order valence-electron chi connectivity index (χ4n) is 7.15. The number of carbonyl (C=O) groups is 1. The number of aromatic nitrogens is 2. The molecule has 3 saturated heterocycles. The standard InChI is InChI=1S/C35H43FN8O3/c1-3-35(45)40-28-20-29(39-33-22-34(38-23-37-33)44-30(11-18-47-44)24-5-4-6-25(36)19-24)32(46-2)21-31(28)43-12-9-27(10-13-43)42-16-14-41(15-17-42)26-7-8-26/h3-6,19-23,26-27,30H,1,7-18H2,2H3,(H,40,45)(H,37,38,39)/t30-/m1/s1. The highest BCUT2D eigenvalue weighted by Crippen LogP contribution is 2.41. The molecular formula is C35H43FN8O3. The van der Waals surface area contributed by atoms with Crippen LogP contribution in [0.5, 0.6) is 5.75 Å². The summed E-state index contributed by atoms with van der Waals surface area (Å²) in [6.45, 7) is 10.6. The lowest BCUT2D eigenvalue weighted by Crippen LogP contribution is -2.53. The van der Waals surface area contributed by atoms with Gasteiger partial charge in [0.15, 0.2) is 5.82 Å². The van der Waals surface area contributed by atoms with Crippen molar-refractivity contribution in [2.24, 2.45) is 0 Å². The number of hydrogen-bond acceptors (Lipinski definition) is 10. The average Bonchev–Trinajstić information content (AvgIpc) is 3.84. The Kier molecular flexibility index (Phi) is 9.23. The van der Waals surface area contributed by atoms with Gasteiger partial charge in [-0.15, -0.1) is 0 Å². The molecular weight excluding hydrogens is 599 g/mol. The second kappa shape index (κ2) is 13.8. The number of ether oxygens (including phenoxy) is 1. The van der Waals surface area contributed by atoms with Crippen LogP contribution in [0.15, 0.2) is 61.4 Å². The second-order valence-electron chi connectivity index (χ2n) is 12.7. The predicted octanol–water partition coefficient (Wildman–Crippen LogP) is 5.12. The number of nitrogens with zero attached hydrogens (tertiary/aromatic N) is 6. The number of rotatable bonds is 10. The molecule has 248 valence electrons. The number of hydroxylamine groups is 1. The lowest BCUT2D eigenvalue weighted by Gasteiger charge is -2.43. The van der Waals surface area contributed by atoms with Crippen molar-refractivity contribution < 1.29 is 18.8 Å². The van der Waals surface area contributed by atoms with Crippen molar-refractivity contribution in [2.75, 3.05) is 73.6 Å². The normalized spacial score (nSPS) is 21.1. The molecule has 1 saturated carbocycles. The van der Waals surface area contributed by atoms with E-state index in [-0.39, 0.29) is 17.8 Å². The minimum absolute atomic E-state index is 0.181. The van der Waals surface area contributed by atoms with E-state index in [4.69, 9.17) is 9.57 Å². The van der Waals surface area contributed by atoms with Gasteiger partial charge in [0.25, 0.3) is 0 Å². The molecule has 2 aromatic carbocycles. The summed E-state index contributed by atoms with van der Waals surface area (Å²) in [6.07, 6.45) is 8.31. The summed E-state index contributed by atoms with van der Waals surface area (Å²) in [6, 6.07) is 13.4. The minimum Gasteiger partial charge on any atom is -0.494 e. The number of nitrogens with one attached hydrogen (secondary N) is 2. The number of piperidine rings is 1. The molecule has 0 radical (unpaired) electrons. The van der Waals surface area contributed by atoms with Gasteiger partial charge in [-0.3, -0.25) is 19.4 Å². The van der Waals surface area contributed by atoms with Crippen LogP contribution in [-0.4, -0.2) is 90.7 Å².